The highest BCUT2D eigenvalue weighted by molar-refractivity contribution is 6.13. The summed E-state index contributed by atoms with van der Waals surface area (Å²) in [7, 11) is 4.01. The molecule has 37 heavy (non-hydrogen) atoms. The monoisotopic (exact) mass is 513 g/mol. The Bertz CT molecular complexity index is 1300. The molecule has 0 spiro atoms. The molecule has 1 saturated heterocycles. The molecule has 1 aromatic rings. The highest BCUT2D eigenvalue weighted by Crippen LogP contribution is 2.54. The molecule has 2 fully saturated rings. The molecule has 9 nitrogen and oxygen atoms in total. The number of nitrogens with zero attached hydrogens (tertiary/aromatic N) is 2. The summed E-state index contributed by atoms with van der Waals surface area (Å²) in [5.41, 5.74) is 2.48. The predicted molar refractivity (Wildman–Crippen MR) is 133 cm³/mol. The fraction of sp³-hybridized carbons (Fsp3) is 0.481. The van der Waals surface area contributed by atoms with E-state index in [1.807, 2.05) is 14.1 Å². The number of amides is 1. The maximum atomic E-state index is 15.8. The summed E-state index contributed by atoms with van der Waals surface area (Å²) in [6.07, 6.45) is 0.918. The van der Waals surface area contributed by atoms with Gasteiger partial charge in [-0.1, -0.05) is 6.58 Å². The number of carbonyl (C=O) groups excluding carboxylic acids is 2. The van der Waals surface area contributed by atoms with Crippen LogP contribution in [0.3, 0.4) is 0 Å². The Morgan fingerprint density at radius 3 is 2.62 bits per heavy atom. The quantitative estimate of drug-likeness (QED) is 0.409. The van der Waals surface area contributed by atoms with Gasteiger partial charge in [0, 0.05) is 60.3 Å². The Morgan fingerprint density at radius 2 is 2.00 bits per heavy atom. The van der Waals surface area contributed by atoms with Gasteiger partial charge in [0.1, 0.15) is 23.1 Å². The molecule has 4 aliphatic rings. The molecule has 0 radical (unpaired) electrons. The van der Waals surface area contributed by atoms with Crippen LogP contribution in [0.4, 0.5) is 4.39 Å². The van der Waals surface area contributed by atoms with Crippen LogP contribution in [0.1, 0.15) is 36.0 Å². The van der Waals surface area contributed by atoms with Gasteiger partial charge < -0.3 is 31.1 Å². The van der Waals surface area contributed by atoms with Crippen LogP contribution in [0.2, 0.25) is 0 Å². The van der Waals surface area contributed by atoms with Crippen molar-refractivity contribution in [3.8, 4) is 5.75 Å². The number of phenols is 1. The lowest BCUT2D eigenvalue weighted by Crippen LogP contribution is -2.57. The molecule has 1 heterocycles. The van der Waals surface area contributed by atoms with E-state index in [1.165, 1.54) is 6.07 Å². The first-order chi connectivity index (χ1) is 17.4. The number of phenolic OH excluding ortho intramolecular Hbond substituents is 1. The molecular weight excluding hydrogens is 481 g/mol. The number of likely N-dealkylation sites (N-methyl/N-ethyl adjacent to an activating group) is 1. The second-order valence-electron chi connectivity index (χ2n) is 10.9. The van der Waals surface area contributed by atoms with Gasteiger partial charge in [-0.15, -0.1) is 0 Å². The molecule has 0 bridgehead atoms. The van der Waals surface area contributed by atoms with Crippen molar-refractivity contribution in [3.63, 3.8) is 0 Å². The van der Waals surface area contributed by atoms with Gasteiger partial charge in [-0.05, 0) is 45.3 Å². The van der Waals surface area contributed by atoms with Crippen LogP contribution in [0.5, 0.6) is 5.75 Å². The van der Waals surface area contributed by atoms with Crippen molar-refractivity contribution < 1.29 is 34.4 Å². The summed E-state index contributed by atoms with van der Waals surface area (Å²) < 4.78 is 15.8. The predicted octanol–water partition coefficient (Wildman–Crippen LogP) is 1.69. The summed E-state index contributed by atoms with van der Waals surface area (Å²) in [6.45, 7) is 5.54. The zero-order valence-corrected chi connectivity index (χ0v) is 20.9. The van der Waals surface area contributed by atoms with E-state index in [-0.39, 0.29) is 53.0 Å². The Labute approximate surface area is 214 Å². The number of halogens is 1. The molecule has 198 valence electrons. The molecule has 1 amide bonds. The van der Waals surface area contributed by atoms with Gasteiger partial charge in [-0.3, -0.25) is 14.5 Å². The molecule has 5 rings (SSSR count). The van der Waals surface area contributed by atoms with Crippen molar-refractivity contribution in [2.45, 2.75) is 43.9 Å². The molecule has 10 heteroatoms. The van der Waals surface area contributed by atoms with E-state index in [0.717, 1.165) is 19.5 Å². The zero-order valence-electron chi connectivity index (χ0n) is 20.9. The largest absolute Gasteiger partial charge is 0.511 e. The summed E-state index contributed by atoms with van der Waals surface area (Å²) in [6, 6.07) is 1.64. The second-order valence-corrected chi connectivity index (χ2v) is 10.9. The lowest BCUT2D eigenvalue weighted by molar-refractivity contribution is -0.140. The smallest absolute Gasteiger partial charge is 0.252 e. The van der Waals surface area contributed by atoms with Crippen LogP contribution in [0, 0.1) is 17.7 Å². The third-order valence-electron chi connectivity index (χ3n) is 8.63. The number of rotatable bonds is 4. The van der Waals surface area contributed by atoms with Gasteiger partial charge in [0.15, 0.2) is 11.4 Å². The second kappa shape index (κ2) is 8.68. The first-order valence-electron chi connectivity index (χ1n) is 12.4. The van der Waals surface area contributed by atoms with Crippen LogP contribution in [-0.2, 0) is 22.6 Å². The fourth-order valence-electron chi connectivity index (χ4n) is 6.63. The molecule has 3 aliphatic carbocycles. The van der Waals surface area contributed by atoms with E-state index in [2.05, 4.69) is 16.4 Å². The van der Waals surface area contributed by atoms with E-state index in [4.69, 9.17) is 5.73 Å². The normalized spacial score (nSPS) is 30.0. The number of primary amides is 1. The number of aliphatic hydroxyl groups is 3. The summed E-state index contributed by atoms with van der Waals surface area (Å²) in [5.74, 6) is -5.25. The van der Waals surface area contributed by atoms with Gasteiger partial charge >= 0.3 is 0 Å². The van der Waals surface area contributed by atoms with Crippen LogP contribution in [0.25, 0.3) is 5.76 Å². The van der Waals surface area contributed by atoms with Crippen molar-refractivity contribution in [3.05, 3.63) is 57.6 Å². The Kier molecular flexibility index (Phi) is 5.97. The average molecular weight is 514 g/mol. The van der Waals surface area contributed by atoms with Gasteiger partial charge in [-0.25, -0.2) is 4.39 Å². The number of nitrogens with two attached hydrogens (primary N) is 1. The zero-order chi connectivity index (χ0) is 27.0. The van der Waals surface area contributed by atoms with Crippen molar-refractivity contribution >= 4 is 17.4 Å². The Balaban J connectivity index is 1.53. The number of aromatic hydroxyl groups is 1. The molecule has 0 aromatic heterocycles. The molecule has 1 saturated carbocycles. The van der Waals surface area contributed by atoms with E-state index >= 15 is 4.39 Å². The topological polar surface area (TPSA) is 148 Å². The molecule has 1 unspecified atom stereocenters. The summed E-state index contributed by atoms with van der Waals surface area (Å²) in [4.78, 5) is 29.8. The standard InChI is InChI=1S/C27H32FN3O6/c1-12-20(26(29)36)19(33)9-15-6-13-7-17-22(24(34)21(13)25(35)27(12,15)37)18(32)8-14(23(17)28)10-31-5-4-16(11-31)30(2)3/h8,13,15-16,32-34,37H,1,4-7,9-11H2,2-3H3,(H2,29,36)/t13?,15-,16+,27-/m0/s1. The van der Waals surface area contributed by atoms with E-state index < -0.39 is 46.3 Å². The van der Waals surface area contributed by atoms with Crippen molar-refractivity contribution in [2.75, 3.05) is 27.2 Å². The van der Waals surface area contributed by atoms with Crippen LogP contribution >= 0.6 is 0 Å². The average Bonchev–Trinajstić information content (AvgIpc) is 3.28. The SMILES string of the molecule is C=C1C(C(N)=O)=C(O)C[C@@H]2CC3Cc4c(F)c(CN5CC[C@@H](N(C)C)C5)cc(O)c4C(O)=C3C(=O)[C@]12O. The van der Waals surface area contributed by atoms with Gasteiger partial charge in [0.05, 0.1) is 11.1 Å². The third-order valence-corrected chi connectivity index (χ3v) is 8.63. The first-order valence-corrected chi connectivity index (χ1v) is 12.4. The van der Waals surface area contributed by atoms with Crippen molar-refractivity contribution in [1.82, 2.24) is 9.80 Å². The maximum Gasteiger partial charge on any atom is 0.252 e. The molecule has 4 atom stereocenters. The lowest BCUT2D eigenvalue weighted by Gasteiger charge is -2.47. The molecule has 6 N–H and O–H groups in total. The molecule has 1 aromatic carbocycles. The summed E-state index contributed by atoms with van der Waals surface area (Å²) >= 11 is 0. The van der Waals surface area contributed by atoms with Gasteiger partial charge in [-0.2, -0.15) is 0 Å². The van der Waals surface area contributed by atoms with Crippen LogP contribution in [-0.4, -0.2) is 80.7 Å². The summed E-state index contributed by atoms with van der Waals surface area (Å²) in [5, 5.41) is 43.8. The van der Waals surface area contributed by atoms with Gasteiger partial charge in [0.2, 0.25) is 0 Å². The minimum Gasteiger partial charge on any atom is -0.511 e. The highest BCUT2D eigenvalue weighted by Gasteiger charge is 2.58. The fourth-order valence-corrected chi connectivity index (χ4v) is 6.63. The number of ketones is 1. The van der Waals surface area contributed by atoms with Crippen LogP contribution < -0.4 is 5.73 Å². The Hall–Kier alpha value is -3.21. The number of likely N-dealkylation sites (tertiary alicyclic amines) is 1. The lowest BCUT2D eigenvalue weighted by atomic mass is 9.57. The first kappa shape index (κ1) is 25.4. The molecular formula is C27H32FN3O6. The van der Waals surface area contributed by atoms with Crippen LogP contribution in [0.15, 0.2) is 35.1 Å². The minimum absolute atomic E-state index is 0.0280. The van der Waals surface area contributed by atoms with Gasteiger partial charge in [0.25, 0.3) is 5.91 Å². The third kappa shape index (κ3) is 3.69. The number of carbonyl (C=O) groups is 2. The number of allylic oxidation sites excluding steroid dienone is 1. The van der Waals surface area contributed by atoms with E-state index in [1.54, 1.807) is 0 Å². The van der Waals surface area contributed by atoms with Crippen molar-refractivity contribution in [2.24, 2.45) is 17.6 Å². The number of hydrogen-bond acceptors (Lipinski definition) is 8. The minimum atomic E-state index is -2.26. The van der Waals surface area contributed by atoms with E-state index in [9.17, 15) is 30.0 Å². The number of benzene rings is 1. The van der Waals surface area contributed by atoms with E-state index in [0.29, 0.717) is 18.2 Å². The molecule has 1 aliphatic heterocycles. The number of fused-ring (bicyclic) bond motifs is 3. The maximum absolute atomic E-state index is 15.8. The van der Waals surface area contributed by atoms with Crippen molar-refractivity contribution in [1.29, 1.82) is 0 Å². The highest BCUT2D eigenvalue weighted by atomic mass is 19.1. The Morgan fingerprint density at radius 1 is 1.30 bits per heavy atom. The number of aliphatic hydroxyl groups excluding tert-OH is 2. The number of Topliss-reactive ketones (excluding diaryl/α,β-unsaturated/α-hetero) is 1. The number of hydrogen-bond donors (Lipinski definition) is 5.